The zero-order chi connectivity index (χ0) is 11.4. The zero-order valence-electron chi connectivity index (χ0n) is 8.74. The van der Waals surface area contributed by atoms with Gasteiger partial charge in [-0.15, -0.1) is 0 Å². The van der Waals surface area contributed by atoms with Crippen molar-refractivity contribution in [1.29, 1.82) is 0 Å². The number of aromatic nitrogens is 2. The first-order valence-corrected chi connectivity index (χ1v) is 5.08. The number of aliphatic hydroxyl groups is 1. The van der Waals surface area contributed by atoms with E-state index >= 15 is 0 Å². The number of nitrogens with two attached hydrogens (primary N) is 1. The summed E-state index contributed by atoms with van der Waals surface area (Å²) < 4.78 is 0. The molecule has 84 valence electrons. The Hall–Kier alpha value is -1.07. The van der Waals surface area contributed by atoms with E-state index in [4.69, 9.17) is 22.4 Å². The predicted molar refractivity (Wildman–Crippen MR) is 60.8 cm³/mol. The number of anilines is 2. The summed E-state index contributed by atoms with van der Waals surface area (Å²) in [5, 5.41) is 12.4. The molecule has 1 aromatic rings. The third kappa shape index (κ3) is 3.53. The fourth-order valence-corrected chi connectivity index (χ4v) is 1.23. The van der Waals surface area contributed by atoms with Crippen LogP contribution in [0.4, 0.5) is 11.8 Å². The molecule has 1 heterocycles. The predicted octanol–water partition coefficient (Wildman–Crippen LogP) is 1.14. The number of nitrogen functional groups attached to an aromatic ring is 1. The molecule has 0 spiro atoms. The van der Waals surface area contributed by atoms with Crippen molar-refractivity contribution in [2.75, 3.05) is 17.7 Å². The van der Waals surface area contributed by atoms with E-state index < -0.39 is 0 Å². The van der Waals surface area contributed by atoms with E-state index in [9.17, 15) is 0 Å². The van der Waals surface area contributed by atoms with Crippen molar-refractivity contribution in [3.63, 3.8) is 0 Å². The maximum Gasteiger partial charge on any atom is 0.223 e. The van der Waals surface area contributed by atoms with E-state index in [-0.39, 0.29) is 24.5 Å². The van der Waals surface area contributed by atoms with Crippen LogP contribution in [-0.4, -0.2) is 27.7 Å². The number of hydrogen-bond acceptors (Lipinski definition) is 5. The Balaban J connectivity index is 2.72. The number of nitrogens with zero attached hydrogens (tertiary/aromatic N) is 2. The van der Waals surface area contributed by atoms with Gasteiger partial charge in [-0.2, -0.15) is 4.98 Å². The van der Waals surface area contributed by atoms with E-state index in [1.165, 1.54) is 0 Å². The molecule has 4 N–H and O–H groups in total. The topological polar surface area (TPSA) is 84.1 Å². The van der Waals surface area contributed by atoms with Crippen LogP contribution in [0.2, 0.25) is 5.15 Å². The fraction of sp³-hybridized carbons (Fsp3) is 0.556. The molecule has 0 radical (unpaired) electrons. The van der Waals surface area contributed by atoms with Gasteiger partial charge in [0.1, 0.15) is 11.0 Å². The molecule has 6 heteroatoms. The zero-order valence-corrected chi connectivity index (χ0v) is 9.49. The average Bonchev–Trinajstić information content (AvgIpc) is 2.14. The van der Waals surface area contributed by atoms with Crippen molar-refractivity contribution in [1.82, 2.24) is 9.97 Å². The number of rotatable bonds is 4. The summed E-state index contributed by atoms with van der Waals surface area (Å²) >= 11 is 5.73. The third-order valence-corrected chi connectivity index (χ3v) is 2.42. The highest BCUT2D eigenvalue weighted by Gasteiger charge is 2.11. The normalized spacial score (nSPS) is 14.7. The average molecular weight is 231 g/mol. The van der Waals surface area contributed by atoms with E-state index in [1.807, 2.05) is 13.8 Å². The number of halogens is 1. The van der Waals surface area contributed by atoms with Crippen LogP contribution in [0.1, 0.15) is 13.8 Å². The lowest BCUT2D eigenvalue weighted by Gasteiger charge is -2.19. The third-order valence-electron chi connectivity index (χ3n) is 2.23. The van der Waals surface area contributed by atoms with Crippen molar-refractivity contribution < 1.29 is 5.11 Å². The van der Waals surface area contributed by atoms with Crippen LogP contribution in [0.25, 0.3) is 0 Å². The molecule has 0 aliphatic carbocycles. The molecule has 0 aliphatic rings. The largest absolute Gasteiger partial charge is 0.396 e. The van der Waals surface area contributed by atoms with Crippen molar-refractivity contribution in [3.05, 3.63) is 11.2 Å². The van der Waals surface area contributed by atoms with Crippen molar-refractivity contribution >= 4 is 23.4 Å². The molecule has 1 aromatic heterocycles. The summed E-state index contributed by atoms with van der Waals surface area (Å²) in [6.45, 7) is 4.00. The lowest BCUT2D eigenvalue weighted by molar-refractivity contribution is 0.226. The van der Waals surface area contributed by atoms with Gasteiger partial charge in [0.2, 0.25) is 5.95 Å². The Kier molecular flexibility index (Phi) is 4.11. The van der Waals surface area contributed by atoms with Crippen LogP contribution in [0.5, 0.6) is 0 Å². The highest BCUT2D eigenvalue weighted by atomic mass is 35.5. The maximum atomic E-state index is 8.97. The lowest BCUT2D eigenvalue weighted by atomic mass is 10.1. The molecule has 2 atom stereocenters. The Bertz CT molecular complexity index is 314. The van der Waals surface area contributed by atoms with Crippen LogP contribution in [0.15, 0.2) is 6.07 Å². The minimum absolute atomic E-state index is 0.0837. The monoisotopic (exact) mass is 230 g/mol. The molecule has 1 rings (SSSR count). The van der Waals surface area contributed by atoms with Crippen molar-refractivity contribution in [2.24, 2.45) is 5.92 Å². The van der Waals surface area contributed by atoms with E-state index in [0.29, 0.717) is 11.0 Å². The molecule has 15 heavy (non-hydrogen) atoms. The maximum absolute atomic E-state index is 8.97. The Morgan fingerprint density at radius 1 is 1.53 bits per heavy atom. The molecular weight excluding hydrogens is 216 g/mol. The smallest absolute Gasteiger partial charge is 0.223 e. The van der Waals surface area contributed by atoms with Gasteiger partial charge in [0.25, 0.3) is 0 Å². The second kappa shape index (κ2) is 5.14. The summed E-state index contributed by atoms with van der Waals surface area (Å²) in [5.41, 5.74) is 5.45. The first kappa shape index (κ1) is 12.0. The standard InChI is InChI=1S/C9H15ClN4O/c1-5(4-15)6(2)12-8-3-7(10)13-9(11)14-8/h3,5-6,15H,4H2,1-2H3,(H3,11,12,13,14). The molecule has 0 amide bonds. The minimum atomic E-state index is 0.0837. The van der Waals surface area contributed by atoms with E-state index in [1.54, 1.807) is 6.07 Å². The van der Waals surface area contributed by atoms with Gasteiger partial charge >= 0.3 is 0 Å². The van der Waals surface area contributed by atoms with Gasteiger partial charge in [-0.25, -0.2) is 4.98 Å². The molecule has 5 nitrogen and oxygen atoms in total. The Labute approximate surface area is 93.7 Å². The van der Waals surface area contributed by atoms with Gasteiger partial charge in [-0.3, -0.25) is 0 Å². The lowest BCUT2D eigenvalue weighted by Crippen LogP contribution is -2.26. The van der Waals surface area contributed by atoms with Gasteiger partial charge in [0.05, 0.1) is 0 Å². The second-order valence-corrected chi connectivity index (χ2v) is 3.91. The fourth-order valence-electron chi connectivity index (χ4n) is 1.04. The molecule has 0 aromatic carbocycles. The Morgan fingerprint density at radius 3 is 2.73 bits per heavy atom. The summed E-state index contributed by atoms with van der Waals surface area (Å²) in [6, 6.07) is 1.68. The van der Waals surface area contributed by atoms with E-state index in [0.717, 1.165) is 0 Å². The highest BCUT2D eigenvalue weighted by molar-refractivity contribution is 6.29. The number of nitrogens with one attached hydrogen (secondary N) is 1. The molecule has 0 fully saturated rings. The molecule has 0 saturated carbocycles. The van der Waals surface area contributed by atoms with Crippen LogP contribution < -0.4 is 11.1 Å². The number of aliphatic hydroxyl groups excluding tert-OH is 1. The summed E-state index contributed by atoms with van der Waals surface area (Å²) in [7, 11) is 0. The van der Waals surface area contributed by atoms with Crippen LogP contribution in [-0.2, 0) is 0 Å². The highest BCUT2D eigenvalue weighted by Crippen LogP contribution is 2.15. The second-order valence-electron chi connectivity index (χ2n) is 3.53. The first-order valence-electron chi connectivity index (χ1n) is 4.70. The summed E-state index contributed by atoms with van der Waals surface area (Å²) in [6.07, 6.45) is 0. The molecule has 0 aliphatic heterocycles. The van der Waals surface area contributed by atoms with Gasteiger partial charge < -0.3 is 16.2 Å². The first-order chi connectivity index (χ1) is 7.02. The van der Waals surface area contributed by atoms with Crippen LogP contribution >= 0.6 is 11.6 Å². The quantitative estimate of drug-likeness (QED) is 0.676. The molecule has 0 bridgehead atoms. The minimum Gasteiger partial charge on any atom is -0.396 e. The van der Waals surface area contributed by atoms with Gasteiger partial charge in [-0.1, -0.05) is 18.5 Å². The number of hydrogen-bond donors (Lipinski definition) is 3. The van der Waals surface area contributed by atoms with Crippen LogP contribution in [0.3, 0.4) is 0 Å². The summed E-state index contributed by atoms with van der Waals surface area (Å²) in [5.74, 6) is 0.828. The summed E-state index contributed by atoms with van der Waals surface area (Å²) in [4.78, 5) is 7.73. The molecule has 0 saturated heterocycles. The Morgan fingerprint density at radius 2 is 2.20 bits per heavy atom. The molecular formula is C9H15ClN4O. The SMILES string of the molecule is CC(CO)C(C)Nc1cc(Cl)nc(N)n1. The van der Waals surface area contributed by atoms with E-state index in [2.05, 4.69) is 15.3 Å². The molecule has 2 unspecified atom stereocenters. The van der Waals surface area contributed by atoms with Crippen molar-refractivity contribution in [2.45, 2.75) is 19.9 Å². The van der Waals surface area contributed by atoms with Crippen LogP contribution in [0, 0.1) is 5.92 Å². The van der Waals surface area contributed by atoms with Crippen molar-refractivity contribution in [3.8, 4) is 0 Å². The van der Waals surface area contributed by atoms with Gasteiger partial charge in [-0.05, 0) is 12.8 Å². The van der Waals surface area contributed by atoms with Gasteiger partial charge in [0, 0.05) is 18.7 Å². The van der Waals surface area contributed by atoms with Gasteiger partial charge in [0.15, 0.2) is 0 Å².